The summed E-state index contributed by atoms with van der Waals surface area (Å²) in [6.07, 6.45) is -2.84. The molecule has 0 bridgehead atoms. The molecule has 6 heteroatoms. The first kappa shape index (κ1) is 14.2. The smallest absolute Gasteiger partial charge is 0.266 e. The molecule has 1 aromatic rings. The van der Waals surface area contributed by atoms with Gasteiger partial charge in [-0.3, -0.25) is 0 Å². The highest BCUT2D eigenvalue weighted by atomic mass is 35.5. The largest absolute Gasteiger partial charge is 0.394 e. The Morgan fingerprint density at radius 2 is 1.93 bits per heavy atom. The molecule has 3 N–H and O–H groups in total. The van der Waals surface area contributed by atoms with Crippen molar-refractivity contribution in [2.45, 2.75) is 12.5 Å². The van der Waals surface area contributed by atoms with Crippen molar-refractivity contribution < 1.29 is 18.3 Å². The summed E-state index contributed by atoms with van der Waals surface area (Å²) >= 11 is 0. The number of halogens is 4. The summed E-state index contributed by atoms with van der Waals surface area (Å²) in [5, 5.41) is 8.66. The van der Waals surface area contributed by atoms with Gasteiger partial charge >= 0.3 is 0 Å². The predicted molar refractivity (Wildman–Crippen MR) is 52.6 cm³/mol. The number of aliphatic hydroxyl groups is 1. The summed E-state index contributed by atoms with van der Waals surface area (Å²) in [7, 11) is 0. The molecule has 0 unspecified atom stereocenters. The average Bonchev–Trinajstić information content (AvgIpc) is 2.15. The van der Waals surface area contributed by atoms with Crippen LogP contribution in [0, 0.1) is 5.82 Å². The Labute approximate surface area is 91.3 Å². The van der Waals surface area contributed by atoms with Crippen LogP contribution in [0.3, 0.4) is 0 Å². The minimum atomic E-state index is -2.84. The van der Waals surface area contributed by atoms with Crippen LogP contribution < -0.4 is 5.73 Å². The lowest BCUT2D eigenvalue weighted by Crippen LogP contribution is -2.14. The Hall–Kier alpha value is -0.780. The molecule has 0 heterocycles. The van der Waals surface area contributed by atoms with Crippen LogP contribution in [0.15, 0.2) is 18.2 Å². The third kappa shape index (κ3) is 3.37. The Kier molecular flexibility index (Phi) is 5.64. The zero-order chi connectivity index (χ0) is 10.7. The molecule has 0 radical (unpaired) electrons. The molecule has 0 aliphatic heterocycles. The first-order valence-corrected chi connectivity index (χ1v) is 4.00. The van der Waals surface area contributed by atoms with Crippen molar-refractivity contribution in [3.05, 3.63) is 35.1 Å². The maximum atomic E-state index is 13.0. The number of nitrogens with two attached hydrogens (primary N) is 1. The first-order valence-electron chi connectivity index (χ1n) is 4.00. The number of hydrogen-bond donors (Lipinski definition) is 2. The SMILES string of the molecule is Cl.N[C@H](CO)c1ccc(C(F)F)c(F)c1. The molecule has 0 spiro atoms. The second-order valence-electron chi connectivity index (χ2n) is 2.87. The third-order valence-electron chi connectivity index (χ3n) is 1.88. The fraction of sp³-hybridized carbons (Fsp3) is 0.333. The standard InChI is InChI=1S/C9H10F3NO.ClH/c10-7-3-5(8(13)4-14)1-2-6(7)9(11)12;/h1-3,8-9,14H,4,13H2;1H/t8-;/m1./s1. The summed E-state index contributed by atoms with van der Waals surface area (Å²) in [6.45, 7) is -0.354. The Bertz CT molecular complexity index is 322. The van der Waals surface area contributed by atoms with E-state index in [1.165, 1.54) is 6.07 Å². The number of aliphatic hydroxyl groups excluding tert-OH is 1. The Balaban J connectivity index is 0.00000196. The van der Waals surface area contributed by atoms with Gasteiger partial charge in [-0.2, -0.15) is 0 Å². The van der Waals surface area contributed by atoms with Crippen LogP contribution in [0.2, 0.25) is 0 Å². The van der Waals surface area contributed by atoms with Gasteiger partial charge in [0.2, 0.25) is 0 Å². The monoisotopic (exact) mass is 241 g/mol. The lowest BCUT2D eigenvalue weighted by molar-refractivity contribution is 0.146. The minimum Gasteiger partial charge on any atom is -0.394 e. The fourth-order valence-corrected chi connectivity index (χ4v) is 1.06. The van der Waals surface area contributed by atoms with E-state index in [-0.39, 0.29) is 19.0 Å². The van der Waals surface area contributed by atoms with Crippen LogP contribution >= 0.6 is 12.4 Å². The van der Waals surface area contributed by atoms with Crippen molar-refractivity contribution in [3.63, 3.8) is 0 Å². The summed E-state index contributed by atoms with van der Waals surface area (Å²) < 4.78 is 37.2. The molecule has 1 aromatic carbocycles. The van der Waals surface area contributed by atoms with Crippen LogP contribution in [0.1, 0.15) is 23.6 Å². The van der Waals surface area contributed by atoms with Gasteiger partial charge in [-0.15, -0.1) is 12.4 Å². The summed E-state index contributed by atoms with van der Waals surface area (Å²) in [6, 6.07) is 2.44. The topological polar surface area (TPSA) is 46.2 Å². The van der Waals surface area contributed by atoms with E-state index in [1.807, 2.05) is 0 Å². The van der Waals surface area contributed by atoms with Crippen LogP contribution in [-0.4, -0.2) is 11.7 Å². The van der Waals surface area contributed by atoms with Gasteiger partial charge < -0.3 is 10.8 Å². The maximum absolute atomic E-state index is 13.0. The quantitative estimate of drug-likeness (QED) is 0.852. The molecular weight excluding hydrogens is 231 g/mol. The van der Waals surface area contributed by atoms with Gasteiger partial charge in [-0.1, -0.05) is 12.1 Å². The summed E-state index contributed by atoms with van der Waals surface area (Å²) in [4.78, 5) is 0. The normalized spacial score (nSPS) is 12.4. The van der Waals surface area contributed by atoms with Crippen LogP contribution in [0.4, 0.5) is 13.2 Å². The highest BCUT2D eigenvalue weighted by Gasteiger charge is 2.14. The van der Waals surface area contributed by atoms with Gasteiger partial charge in [-0.05, 0) is 11.6 Å². The third-order valence-corrected chi connectivity index (χ3v) is 1.88. The number of benzene rings is 1. The van der Waals surface area contributed by atoms with Crippen LogP contribution in [-0.2, 0) is 0 Å². The lowest BCUT2D eigenvalue weighted by Gasteiger charge is -2.10. The predicted octanol–water partition coefficient (Wildman–Crippen LogP) is 2.18. The molecule has 2 nitrogen and oxygen atoms in total. The summed E-state index contributed by atoms with van der Waals surface area (Å²) in [5.74, 6) is -0.999. The van der Waals surface area contributed by atoms with Crippen molar-refractivity contribution >= 4 is 12.4 Å². The minimum absolute atomic E-state index is 0. The van der Waals surface area contributed by atoms with E-state index >= 15 is 0 Å². The second-order valence-corrected chi connectivity index (χ2v) is 2.87. The van der Waals surface area contributed by atoms with E-state index in [4.69, 9.17) is 10.8 Å². The van der Waals surface area contributed by atoms with Gasteiger partial charge in [0.1, 0.15) is 5.82 Å². The molecule has 0 saturated heterocycles. The van der Waals surface area contributed by atoms with Crippen molar-refractivity contribution in [1.29, 1.82) is 0 Å². The Morgan fingerprint density at radius 3 is 2.33 bits per heavy atom. The van der Waals surface area contributed by atoms with Crippen molar-refractivity contribution in [2.75, 3.05) is 6.61 Å². The summed E-state index contributed by atoms with van der Waals surface area (Å²) in [5.41, 5.74) is 5.03. The number of hydrogen-bond acceptors (Lipinski definition) is 2. The first-order chi connectivity index (χ1) is 6.56. The van der Waals surface area contributed by atoms with Crippen LogP contribution in [0.5, 0.6) is 0 Å². The van der Waals surface area contributed by atoms with Crippen molar-refractivity contribution in [1.82, 2.24) is 0 Å². The van der Waals surface area contributed by atoms with E-state index in [1.54, 1.807) is 0 Å². The van der Waals surface area contributed by atoms with Gasteiger partial charge in [0.25, 0.3) is 6.43 Å². The molecule has 86 valence electrons. The lowest BCUT2D eigenvalue weighted by atomic mass is 10.1. The van der Waals surface area contributed by atoms with Gasteiger partial charge in [0.05, 0.1) is 18.2 Å². The highest BCUT2D eigenvalue weighted by Crippen LogP contribution is 2.24. The van der Waals surface area contributed by atoms with E-state index in [2.05, 4.69) is 0 Å². The van der Waals surface area contributed by atoms with Gasteiger partial charge in [-0.25, -0.2) is 13.2 Å². The molecule has 15 heavy (non-hydrogen) atoms. The number of rotatable bonds is 3. The molecular formula is C9H11ClF3NO. The molecule has 0 aromatic heterocycles. The molecule has 0 aliphatic carbocycles. The zero-order valence-corrected chi connectivity index (χ0v) is 8.48. The molecule has 0 amide bonds. The van der Waals surface area contributed by atoms with Crippen molar-refractivity contribution in [2.24, 2.45) is 5.73 Å². The van der Waals surface area contributed by atoms with E-state index < -0.39 is 23.8 Å². The van der Waals surface area contributed by atoms with Crippen molar-refractivity contribution in [3.8, 4) is 0 Å². The second kappa shape index (κ2) is 5.95. The average molecular weight is 242 g/mol. The maximum Gasteiger partial charge on any atom is 0.266 e. The number of alkyl halides is 2. The molecule has 1 rings (SSSR count). The van der Waals surface area contributed by atoms with Crippen LogP contribution in [0.25, 0.3) is 0 Å². The molecule has 0 aliphatic rings. The molecule has 1 atom stereocenters. The van der Waals surface area contributed by atoms with E-state index in [0.29, 0.717) is 5.56 Å². The molecule has 0 fully saturated rings. The van der Waals surface area contributed by atoms with E-state index in [0.717, 1.165) is 12.1 Å². The molecule has 0 saturated carbocycles. The van der Waals surface area contributed by atoms with Gasteiger partial charge in [0, 0.05) is 0 Å². The zero-order valence-electron chi connectivity index (χ0n) is 7.66. The fourth-order valence-electron chi connectivity index (χ4n) is 1.06. The Morgan fingerprint density at radius 1 is 1.33 bits per heavy atom. The van der Waals surface area contributed by atoms with E-state index in [9.17, 15) is 13.2 Å². The highest BCUT2D eigenvalue weighted by molar-refractivity contribution is 5.85. The van der Waals surface area contributed by atoms with Gasteiger partial charge in [0.15, 0.2) is 0 Å².